The second-order valence-corrected chi connectivity index (χ2v) is 10.6. The van der Waals surface area contributed by atoms with Crippen molar-refractivity contribution >= 4 is 11.7 Å². The highest BCUT2D eigenvalue weighted by atomic mass is 16.6. The lowest BCUT2D eigenvalue weighted by atomic mass is 9.76. The van der Waals surface area contributed by atoms with Crippen LogP contribution in [0.4, 0.5) is 0 Å². The molecular weight excluding hydrogens is 468 g/mol. The minimum atomic E-state index is -0.717. The van der Waals surface area contributed by atoms with Crippen LogP contribution in [0, 0.1) is 19.8 Å². The Morgan fingerprint density at radius 2 is 1.92 bits per heavy atom. The number of carbonyl (C=O) groups excluding carboxylic acids is 1. The maximum Gasteiger partial charge on any atom is 0.338 e. The predicted molar refractivity (Wildman–Crippen MR) is 139 cm³/mol. The molecule has 0 radical (unpaired) electrons. The van der Waals surface area contributed by atoms with Crippen LogP contribution in [0.5, 0.6) is 0 Å². The molecule has 2 N–H and O–H groups in total. The first-order valence-corrected chi connectivity index (χ1v) is 13.4. The quantitative estimate of drug-likeness (QED) is 0.429. The molecule has 0 amide bonds. The third-order valence-electron chi connectivity index (χ3n) is 8.11. The van der Waals surface area contributed by atoms with E-state index in [0.29, 0.717) is 24.4 Å². The average molecular weight is 505 g/mol. The van der Waals surface area contributed by atoms with Gasteiger partial charge in [-0.3, -0.25) is 0 Å². The molecule has 1 atom stereocenters. The van der Waals surface area contributed by atoms with Gasteiger partial charge in [-0.2, -0.15) is 4.98 Å². The molecular formula is C29H36N4O4. The summed E-state index contributed by atoms with van der Waals surface area (Å²) in [6.45, 7) is 5.95. The molecule has 2 aromatic heterocycles. The molecule has 0 bridgehead atoms. The van der Waals surface area contributed by atoms with Gasteiger partial charge in [0.05, 0.1) is 12.2 Å². The average Bonchev–Trinajstić information content (AvgIpc) is 3.55. The highest BCUT2D eigenvalue weighted by molar-refractivity contribution is 5.90. The van der Waals surface area contributed by atoms with Gasteiger partial charge in [0.25, 0.3) is 5.78 Å². The largest absolute Gasteiger partial charge is 0.512 e. The van der Waals surface area contributed by atoms with Crippen LogP contribution in [0.25, 0.3) is 5.78 Å². The number of carbonyl (C=O) groups is 1. The number of benzene rings is 1. The Bertz CT molecular complexity index is 1360. The first-order chi connectivity index (χ1) is 17.8. The number of aliphatic hydroxyl groups excluding tert-OH is 2. The number of ether oxygens (including phenoxy) is 1. The normalized spacial score (nSPS) is 20.7. The number of fused-ring (bicyclic) bond motifs is 1. The zero-order chi connectivity index (χ0) is 26.2. The van der Waals surface area contributed by atoms with E-state index in [1.807, 2.05) is 32.0 Å². The molecule has 2 aliphatic rings. The van der Waals surface area contributed by atoms with Crippen molar-refractivity contribution in [2.24, 2.45) is 5.92 Å². The monoisotopic (exact) mass is 504 g/mol. The molecule has 196 valence electrons. The van der Waals surface area contributed by atoms with Crippen molar-refractivity contribution in [1.82, 2.24) is 19.6 Å². The summed E-state index contributed by atoms with van der Waals surface area (Å²) in [7, 11) is 0. The standard InChI is InChI=1S/C29H36N4O4/c1-4-21-14-20(9-10-22(21)17-34)11-12-29(23-7-5-6-8-23)16-25(35)24(27(36)37-29)15-26-31-28-30-18(2)13-19(3)33(28)32-26/h9-10,13-14,23,34-35H,4-8,11-12,15-17H2,1-3H3. The van der Waals surface area contributed by atoms with E-state index in [4.69, 9.17) is 4.74 Å². The fraction of sp³-hybridized carbons (Fsp3) is 0.517. The van der Waals surface area contributed by atoms with Crippen LogP contribution in [-0.4, -0.2) is 41.4 Å². The molecule has 1 aliphatic heterocycles. The van der Waals surface area contributed by atoms with E-state index in [1.165, 1.54) is 0 Å². The van der Waals surface area contributed by atoms with Gasteiger partial charge >= 0.3 is 5.97 Å². The lowest BCUT2D eigenvalue weighted by molar-refractivity contribution is -0.167. The Morgan fingerprint density at radius 3 is 2.62 bits per heavy atom. The Kier molecular flexibility index (Phi) is 7.03. The van der Waals surface area contributed by atoms with Gasteiger partial charge in [0.2, 0.25) is 0 Å². The van der Waals surface area contributed by atoms with Crippen molar-refractivity contribution in [3.63, 3.8) is 0 Å². The number of nitrogens with zero attached hydrogens (tertiary/aromatic N) is 4. The second-order valence-electron chi connectivity index (χ2n) is 10.6. The molecule has 5 rings (SSSR count). The number of aliphatic hydroxyl groups is 2. The van der Waals surface area contributed by atoms with E-state index >= 15 is 0 Å². The molecule has 3 aromatic rings. The van der Waals surface area contributed by atoms with Gasteiger partial charge in [-0.15, -0.1) is 5.10 Å². The molecule has 37 heavy (non-hydrogen) atoms. The van der Waals surface area contributed by atoms with Gasteiger partial charge in [-0.25, -0.2) is 14.3 Å². The molecule has 3 heterocycles. The number of hydrogen-bond acceptors (Lipinski definition) is 7. The van der Waals surface area contributed by atoms with Crippen molar-refractivity contribution in [2.45, 2.75) is 90.8 Å². The van der Waals surface area contributed by atoms with E-state index in [-0.39, 0.29) is 30.3 Å². The third-order valence-corrected chi connectivity index (χ3v) is 8.11. The summed E-state index contributed by atoms with van der Waals surface area (Å²) in [6, 6.07) is 8.10. The fourth-order valence-electron chi connectivity index (χ4n) is 6.10. The molecule has 8 nitrogen and oxygen atoms in total. The van der Waals surface area contributed by atoms with Crippen LogP contribution in [-0.2, 0) is 35.4 Å². The summed E-state index contributed by atoms with van der Waals surface area (Å²) in [4.78, 5) is 22.3. The van der Waals surface area contributed by atoms with Crippen LogP contribution < -0.4 is 0 Å². The molecule has 8 heteroatoms. The second kappa shape index (κ2) is 10.2. The summed E-state index contributed by atoms with van der Waals surface area (Å²) in [5.74, 6) is 0.763. The fourth-order valence-corrected chi connectivity index (χ4v) is 6.10. The lowest BCUT2D eigenvalue weighted by Gasteiger charge is -2.41. The molecule has 1 saturated carbocycles. The Balaban J connectivity index is 1.40. The van der Waals surface area contributed by atoms with Crippen LogP contribution in [0.2, 0.25) is 0 Å². The molecule has 1 fully saturated rings. The lowest BCUT2D eigenvalue weighted by Crippen LogP contribution is -2.46. The van der Waals surface area contributed by atoms with Crippen molar-refractivity contribution < 1.29 is 19.7 Å². The number of hydrogen-bond donors (Lipinski definition) is 2. The van der Waals surface area contributed by atoms with Crippen LogP contribution in [0.1, 0.15) is 79.4 Å². The van der Waals surface area contributed by atoms with E-state index in [0.717, 1.165) is 66.6 Å². The Morgan fingerprint density at radius 1 is 1.14 bits per heavy atom. The summed E-state index contributed by atoms with van der Waals surface area (Å²) >= 11 is 0. The van der Waals surface area contributed by atoms with Crippen LogP contribution in [0.3, 0.4) is 0 Å². The molecule has 0 saturated heterocycles. The minimum absolute atomic E-state index is 0.0327. The van der Waals surface area contributed by atoms with Crippen molar-refractivity contribution in [1.29, 1.82) is 0 Å². The third kappa shape index (κ3) is 4.99. The van der Waals surface area contributed by atoms with E-state index in [1.54, 1.807) is 4.52 Å². The van der Waals surface area contributed by atoms with Gasteiger partial charge in [0.1, 0.15) is 11.4 Å². The van der Waals surface area contributed by atoms with Gasteiger partial charge in [0, 0.05) is 24.2 Å². The summed E-state index contributed by atoms with van der Waals surface area (Å²) in [6.07, 6.45) is 6.89. The number of rotatable bonds is 8. The maximum absolute atomic E-state index is 13.4. The summed E-state index contributed by atoms with van der Waals surface area (Å²) in [5.41, 5.74) is 4.52. The van der Waals surface area contributed by atoms with E-state index in [9.17, 15) is 15.0 Å². The van der Waals surface area contributed by atoms with Crippen LogP contribution >= 0.6 is 0 Å². The van der Waals surface area contributed by atoms with Gasteiger partial charge < -0.3 is 14.9 Å². The van der Waals surface area contributed by atoms with Crippen molar-refractivity contribution in [2.75, 3.05) is 0 Å². The Labute approximate surface area is 217 Å². The smallest absolute Gasteiger partial charge is 0.338 e. The molecule has 0 spiro atoms. The SMILES string of the molecule is CCc1cc(CCC2(C3CCCC3)CC(O)=C(Cc3nc4nc(C)cc(C)n4n3)C(=O)O2)ccc1CO. The molecule has 1 aromatic carbocycles. The van der Waals surface area contributed by atoms with Gasteiger partial charge in [-0.1, -0.05) is 38.0 Å². The predicted octanol–water partition coefficient (Wildman–Crippen LogP) is 4.66. The number of aromatic nitrogens is 4. The molecule has 1 aliphatic carbocycles. The van der Waals surface area contributed by atoms with Crippen molar-refractivity contribution in [3.8, 4) is 0 Å². The summed E-state index contributed by atoms with van der Waals surface area (Å²) in [5, 5.41) is 25.3. The van der Waals surface area contributed by atoms with Crippen molar-refractivity contribution in [3.05, 3.63) is 69.5 Å². The maximum atomic E-state index is 13.4. The first kappa shape index (κ1) is 25.4. The zero-order valence-electron chi connectivity index (χ0n) is 22.0. The highest BCUT2D eigenvalue weighted by Gasteiger charge is 2.48. The zero-order valence-corrected chi connectivity index (χ0v) is 22.0. The highest BCUT2D eigenvalue weighted by Crippen LogP contribution is 2.46. The molecule has 1 unspecified atom stereocenters. The number of esters is 1. The van der Waals surface area contributed by atoms with Gasteiger partial charge in [0.15, 0.2) is 5.82 Å². The van der Waals surface area contributed by atoms with E-state index < -0.39 is 11.6 Å². The Hall–Kier alpha value is -3.26. The first-order valence-electron chi connectivity index (χ1n) is 13.4. The van der Waals surface area contributed by atoms with E-state index in [2.05, 4.69) is 28.1 Å². The number of aryl methyl sites for hydroxylation is 4. The minimum Gasteiger partial charge on any atom is -0.512 e. The summed E-state index contributed by atoms with van der Waals surface area (Å²) < 4.78 is 7.93. The number of cyclic esters (lactones) is 1. The van der Waals surface area contributed by atoms with Gasteiger partial charge in [-0.05, 0) is 74.6 Å². The topological polar surface area (TPSA) is 110 Å². The van der Waals surface area contributed by atoms with Crippen LogP contribution in [0.15, 0.2) is 35.6 Å².